The summed E-state index contributed by atoms with van der Waals surface area (Å²) in [6, 6.07) is 0. The molecule has 3 atom stereocenters. The van der Waals surface area contributed by atoms with Gasteiger partial charge in [0.25, 0.3) is 0 Å². The van der Waals surface area contributed by atoms with Gasteiger partial charge < -0.3 is 0 Å². The Kier molecular flexibility index (Phi) is 0.961. The van der Waals surface area contributed by atoms with Gasteiger partial charge in [-0.25, -0.2) is 0 Å². The van der Waals surface area contributed by atoms with Crippen molar-refractivity contribution in [3.63, 3.8) is 0 Å². The molecule has 3 unspecified atom stereocenters. The van der Waals surface area contributed by atoms with Crippen molar-refractivity contribution in [1.82, 2.24) is 0 Å². The van der Waals surface area contributed by atoms with Crippen LogP contribution in [-0.4, -0.2) is 5.78 Å². The fraction of sp³-hybridized carbons (Fsp3) is 0.875. The number of Topliss-reactive ketones (excluding diaryl/α,β-unsaturated/α-hetero) is 1. The number of hydrogen-bond donors (Lipinski definition) is 0. The largest absolute Gasteiger partial charge is 0.299 e. The normalized spacial score (nSPS) is 48.6. The fourth-order valence-electron chi connectivity index (χ4n) is 1.89. The maximum atomic E-state index is 11.0. The zero-order chi connectivity index (χ0) is 6.43. The smallest absolute Gasteiger partial charge is 0.135 e. The van der Waals surface area contributed by atoms with Gasteiger partial charge >= 0.3 is 0 Å². The third-order valence-electron chi connectivity index (χ3n) is 2.74. The minimum Gasteiger partial charge on any atom is -0.299 e. The average Bonchev–Trinajstić information content (AvgIpc) is 2.46. The van der Waals surface area contributed by atoms with E-state index >= 15 is 0 Å². The summed E-state index contributed by atoms with van der Waals surface area (Å²) in [5.41, 5.74) is 0. The number of carbonyl (C=O) groups excluding carboxylic acids is 1. The second-order valence-electron chi connectivity index (χ2n) is 3.56. The second kappa shape index (κ2) is 1.59. The lowest BCUT2D eigenvalue weighted by Crippen LogP contribution is -2.17. The summed E-state index contributed by atoms with van der Waals surface area (Å²) >= 11 is 0. The van der Waals surface area contributed by atoms with E-state index in [2.05, 4.69) is 6.92 Å². The Morgan fingerprint density at radius 3 is 2.78 bits per heavy atom. The molecule has 0 aromatic carbocycles. The van der Waals surface area contributed by atoms with Crippen LogP contribution in [-0.2, 0) is 4.79 Å². The molecule has 0 radical (unpaired) electrons. The molecule has 1 nitrogen and oxygen atoms in total. The van der Waals surface area contributed by atoms with Crippen LogP contribution in [0.25, 0.3) is 0 Å². The fourth-order valence-corrected chi connectivity index (χ4v) is 1.89. The van der Waals surface area contributed by atoms with Crippen molar-refractivity contribution in [3.8, 4) is 0 Å². The molecule has 50 valence electrons. The van der Waals surface area contributed by atoms with E-state index in [-0.39, 0.29) is 0 Å². The molecule has 2 saturated carbocycles. The molecule has 2 fully saturated rings. The number of rotatable bonds is 0. The first-order valence-electron chi connectivity index (χ1n) is 3.80. The summed E-state index contributed by atoms with van der Waals surface area (Å²) < 4.78 is 0. The summed E-state index contributed by atoms with van der Waals surface area (Å²) in [7, 11) is 0. The zero-order valence-corrected chi connectivity index (χ0v) is 5.76. The lowest BCUT2D eigenvalue weighted by atomic mass is 9.90. The van der Waals surface area contributed by atoms with Gasteiger partial charge in [-0.2, -0.15) is 0 Å². The Balaban J connectivity index is 2.06. The van der Waals surface area contributed by atoms with E-state index in [9.17, 15) is 4.79 Å². The third-order valence-corrected chi connectivity index (χ3v) is 2.74. The molecular weight excluding hydrogens is 112 g/mol. The van der Waals surface area contributed by atoms with Gasteiger partial charge in [-0.3, -0.25) is 4.79 Å². The van der Waals surface area contributed by atoms with Gasteiger partial charge in [-0.05, 0) is 24.7 Å². The summed E-state index contributed by atoms with van der Waals surface area (Å²) in [6.45, 7) is 2.07. The molecule has 0 aromatic heterocycles. The van der Waals surface area contributed by atoms with Gasteiger partial charge in [0.05, 0.1) is 0 Å². The molecule has 1 heteroatoms. The van der Waals surface area contributed by atoms with Crippen molar-refractivity contribution in [3.05, 3.63) is 0 Å². The molecule has 2 aliphatic rings. The predicted molar refractivity (Wildman–Crippen MR) is 35.0 cm³/mol. The molecule has 0 heterocycles. The van der Waals surface area contributed by atoms with Crippen LogP contribution in [0.15, 0.2) is 0 Å². The van der Waals surface area contributed by atoms with E-state index in [1.165, 1.54) is 12.8 Å². The molecule has 0 aromatic rings. The van der Waals surface area contributed by atoms with E-state index < -0.39 is 0 Å². The maximum Gasteiger partial charge on any atom is 0.135 e. The van der Waals surface area contributed by atoms with Crippen molar-refractivity contribution in [2.24, 2.45) is 17.8 Å². The minimum atomic E-state index is 0.383. The Morgan fingerprint density at radius 1 is 1.33 bits per heavy atom. The van der Waals surface area contributed by atoms with Gasteiger partial charge in [-0.1, -0.05) is 6.92 Å². The SMILES string of the molecule is CC1CC2CC2CC1=O. The van der Waals surface area contributed by atoms with Gasteiger partial charge in [0.1, 0.15) is 5.78 Å². The molecule has 2 rings (SSSR count). The number of carbonyl (C=O) groups is 1. The molecular formula is C8H12O. The van der Waals surface area contributed by atoms with Crippen LogP contribution in [0, 0.1) is 17.8 Å². The quantitative estimate of drug-likeness (QED) is 0.479. The highest BCUT2D eigenvalue weighted by atomic mass is 16.1. The van der Waals surface area contributed by atoms with Gasteiger partial charge in [0, 0.05) is 12.3 Å². The van der Waals surface area contributed by atoms with Crippen LogP contribution < -0.4 is 0 Å². The van der Waals surface area contributed by atoms with Crippen LogP contribution in [0.1, 0.15) is 26.2 Å². The van der Waals surface area contributed by atoms with Crippen LogP contribution in [0.5, 0.6) is 0 Å². The Morgan fingerprint density at radius 2 is 2.11 bits per heavy atom. The van der Waals surface area contributed by atoms with Crippen molar-refractivity contribution in [1.29, 1.82) is 0 Å². The second-order valence-corrected chi connectivity index (χ2v) is 3.56. The lowest BCUT2D eigenvalue weighted by Gasteiger charge is -2.14. The van der Waals surface area contributed by atoms with E-state index in [0.29, 0.717) is 11.7 Å². The third kappa shape index (κ3) is 0.790. The summed E-state index contributed by atoms with van der Waals surface area (Å²) in [5.74, 6) is 2.65. The molecule has 0 bridgehead atoms. The Bertz CT molecular complexity index is 151. The van der Waals surface area contributed by atoms with Crippen molar-refractivity contribution in [2.45, 2.75) is 26.2 Å². The zero-order valence-electron chi connectivity index (χ0n) is 5.76. The lowest BCUT2D eigenvalue weighted by molar-refractivity contribution is -0.124. The van der Waals surface area contributed by atoms with Crippen molar-refractivity contribution >= 4 is 5.78 Å². The molecule has 0 aliphatic heterocycles. The summed E-state index contributed by atoms with van der Waals surface area (Å²) in [5, 5.41) is 0. The molecule has 0 N–H and O–H groups in total. The highest BCUT2D eigenvalue weighted by molar-refractivity contribution is 5.82. The molecule has 0 spiro atoms. The molecule has 0 amide bonds. The van der Waals surface area contributed by atoms with Gasteiger partial charge in [-0.15, -0.1) is 0 Å². The number of ketones is 1. The topological polar surface area (TPSA) is 17.1 Å². The van der Waals surface area contributed by atoms with E-state index in [4.69, 9.17) is 0 Å². The van der Waals surface area contributed by atoms with Crippen LogP contribution in [0.4, 0.5) is 0 Å². The highest BCUT2D eigenvalue weighted by Gasteiger charge is 2.44. The molecule has 2 aliphatic carbocycles. The monoisotopic (exact) mass is 124 g/mol. The maximum absolute atomic E-state index is 11.0. The number of fused-ring (bicyclic) bond motifs is 1. The molecule has 0 saturated heterocycles. The van der Waals surface area contributed by atoms with E-state index in [1.807, 2.05) is 0 Å². The van der Waals surface area contributed by atoms with Crippen LogP contribution in [0.3, 0.4) is 0 Å². The van der Waals surface area contributed by atoms with E-state index in [1.54, 1.807) is 0 Å². The number of hydrogen-bond acceptors (Lipinski definition) is 1. The standard InChI is InChI=1S/C8H12O/c1-5-2-6-3-7(6)4-8(5)9/h5-7H,2-4H2,1H3. The predicted octanol–water partition coefficient (Wildman–Crippen LogP) is 1.62. The van der Waals surface area contributed by atoms with Gasteiger partial charge in [0.2, 0.25) is 0 Å². The summed E-state index contributed by atoms with van der Waals surface area (Å²) in [4.78, 5) is 11.0. The first kappa shape index (κ1) is 5.45. The summed E-state index contributed by atoms with van der Waals surface area (Å²) in [6.07, 6.45) is 3.42. The molecule has 9 heavy (non-hydrogen) atoms. The Hall–Kier alpha value is -0.330. The first-order valence-corrected chi connectivity index (χ1v) is 3.80. The minimum absolute atomic E-state index is 0.383. The van der Waals surface area contributed by atoms with Crippen LogP contribution in [0.2, 0.25) is 0 Å². The van der Waals surface area contributed by atoms with Crippen molar-refractivity contribution in [2.75, 3.05) is 0 Å². The van der Waals surface area contributed by atoms with Crippen LogP contribution >= 0.6 is 0 Å². The highest BCUT2D eigenvalue weighted by Crippen LogP contribution is 2.49. The van der Waals surface area contributed by atoms with Gasteiger partial charge in [0.15, 0.2) is 0 Å². The average molecular weight is 124 g/mol. The first-order chi connectivity index (χ1) is 4.27. The van der Waals surface area contributed by atoms with Crippen molar-refractivity contribution < 1.29 is 4.79 Å². The van der Waals surface area contributed by atoms with E-state index in [0.717, 1.165) is 18.3 Å². The Labute approximate surface area is 55.4 Å².